The van der Waals surface area contributed by atoms with Gasteiger partial charge in [0.25, 0.3) is 0 Å². The van der Waals surface area contributed by atoms with Crippen LogP contribution in [0.25, 0.3) is 22.3 Å². The Hall–Kier alpha value is -8.67. The third kappa shape index (κ3) is 5.71. The Labute approximate surface area is 391 Å². The van der Waals surface area contributed by atoms with Crippen molar-refractivity contribution >= 4 is 92.4 Å². The van der Waals surface area contributed by atoms with Gasteiger partial charge in [0.15, 0.2) is 0 Å². The van der Waals surface area contributed by atoms with Gasteiger partial charge in [-0.1, -0.05) is 146 Å². The Balaban J connectivity index is 1.09. The van der Waals surface area contributed by atoms with Crippen molar-refractivity contribution in [2.45, 2.75) is 0 Å². The standard InChI is InChI=1S/C60H40B2N4O/c1-6-21-41(22-7-1)63(42-23-8-2-9-24-42)46-37-50-48-31-20-32-49-51-38-47(64(43-25-10-3-11-26-43)44-27-12-4-13-28-44)40-57-59(51)62(53-34-17-19-36-56(53)67-57)66(60(48)49)61-52-33-16-18-35-54(52)65(55(39-46)58(50)61)45-29-14-5-15-30-45/h1-40H. The van der Waals surface area contributed by atoms with Gasteiger partial charge in [0.1, 0.15) is 11.5 Å². The molecule has 0 saturated heterocycles. The lowest BCUT2D eigenvalue weighted by Gasteiger charge is -2.52. The second kappa shape index (κ2) is 14.9. The van der Waals surface area contributed by atoms with Crippen LogP contribution >= 0.6 is 0 Å². The number of benzene rings is 10. The number of hydrogen-bond acceptors (Lipinski definition) is 5. The fraction of sp³-hybridized carbons (Fsp3) is 0. The van der Waals surface area contributed by atoms with E-state index in [2.05, 4.69) is 262 Å². The Bertz CT molecular complexity index is 3460. The molecule has 0 amide bonds. The topological polar surface area (TPSA) is 22.2 Å². The van der Waals surface area contributed by atoms with Crippen molar-refractivity contribution in [1.29, 1.82) is 0 Å². The van der Waals surface area contributed by atoms with Crippen LogP contribution < -0.4 is 46.0 Å². The molecule has 0 saturated carbocycles. The average Bonchev–Trinajstić information content (AvgIpc) is 3.39. The van der Waals surface area contributed by atoms with Crippen LogP contribution in [0.4, 0.5) is 56.9 Å². The number of anilines is 10. The maximum Gasteiger partial charge on any atom is 0.319 e. The first-order valence-corrected chi connectivity index (χ1v) is 23.1. The van der Waals surface area contributed by atoms with Gasteiger partial charge in [-0.25, -0.2) is 0 Å². The molecule has 4 aliphatic rings. The highest BCUT2D eigenvalue weighted by molar-refractivity contribution is 7.08. The predicted molar refractivity (Wildman–Crippen MR) is 280 cm³/mol. The number of fused-ring (bicyclic) bond motifs is 8. The van der Waals surface area contributed by atoms with Crippen molar-refractivity contribution in [3.63, 3.8) is 0 Å². The molecule has 4 aliphatic heterocycles. The van der Waals surface area contributed by atoms with Gasteiger partial charge in [-0.05, 0) is 124 Å². The maximum atomic E-state index is 7.12. The van der Waals surface area contributed by atoms with Gasteiger partial charge >= 0.3 is 13.7 Å². The molecule has 5 nitrogen and oxygen atoms in total. The predicted octanol–water partition coefficient (Wildman–Crippen LogP) is 12.9. The third-order valence-electron chi connectivity index (χ3n) is 14.0. The van der Waals surface area contributed by atoms with Crippen molar-refractivity contribution in [2.75, 3.05) is 19.4 Å². The minimum Gasteiger partial charge on any atom is -0.458 e. The molecule has 0 atom stereocenters. The first-order chi connectivity index (χ1) is 33.3. The Morgan fingerprint density at radius 1 is 0.328 bits per heavy atom. The van der Waals surface area contributed by atoms with Crippen LogP contribution in [0.5, 0.6) is 11.5 Å². The summed E-state index contributed by atoms with van der Waals surface area (Å²) >= 11 is 0. The maximum absolute atomic E-state index is 7.12. The van der Waals surface area contributed by atoms with Gasteiger partial charge in [-0.15, -0.1) is 0 Å². The van der Waals surface area contributed by atoms with Gasteiger partial charge in [-0.2, -0.15) is 0 Å². The zero-order valence-electron chi connectivity index (χ0n) is 36.4. The minimum absolute atomic E-state index is 0.132. The Morgan fingerprint density at radius 2 is 0.791 bits per heavy atom. The molecule has 4 heterocycles. The molecule has 0 aliphatic carbocycles. The fourth-order valence-electron chi connectivity index (χ4n) is 11.4. The molecule has 312 valence electrons. The molecule has 0 N–H and O–H groups in total. The SMILES string of the molecule is c1ccc(N(c2ccccc2)c2cc3c4c(c2)-c2cccc5c2N(B4c2ccccc2O3)B2c3ccccc3N(c3ccccc3)c3cc(N(c4ccccc4)c4ccccc4)cc-5c32)cc1. The fourth-order valence-corrected chi connectivity index (χ4v) is 11.4. The Morgan fingerprint density at radius 3 is 1.37 bits per heavy atom. The molecule has 0 bridgehead atoms. The number of nitrogens with zero attached hydrogens (tertiary/aromatic N) is 4. The average molecular weight is 855 g/mol. The summed E-state index contributed by atoms with van der Waals surface area (Å²) in [6.45, 7) is -0.278. The molecule has 14 rings (SSSR count). The normalized spacial score (nSPS) is 13.1. The number of para-hydroxylation sites is 8. The monoisotopic (exact) mass is 854 g/mol. The van der Waals surface area contributed by atoms with Crippen molar-refractivity contribution in [3.8, 4) is 33.8 Å². The molecule has 0 spiro atoms. The molecule has 0 radical (unpaired) electrons. The summed E-state index contributed by atoms with van der Waals surface area (Å²) in [5.41, 5.74) is 20.9. The first-order valence-electron chi connectivity index (χ1n) is 23.1. The summed E-state index contributed by atoms with van der Waals surface area (Å²) in [7, 11) is 0. The van der Waals surface area contributed by atoms with Crippen LogP contribution in [0.15, 0.2) is 243 Å². The highest BCUT2D eigenvalue weighted by atomic mass is 16.5. The minimum atomic E-state index is -0.147. The highest BCUT2D eigenvalue weighted by Gasteiger charge is 2.53. The van der Waals surface area contributed by atoms with Crippen molar-refractivity contribution in [2.24, 2.45) is 0 Å². The number of ether oxygens (including phenoxy) is 1. The van der Waals surface area contributed by atoms with E-state index in [0.29, 0.717) is 0 Å². The third-order valence-corrected chi connectivity index (χ3v) is 14.0. The van der Waals surface area contributed by atoms with E-state index in [4.69, 9.17) is 4.74 Å². The lowest BCUT2D eigenvalue weighted by molar-refractivity contribution is 0.487. The molecule has 0 fully saturated rings. The molecule has 0 aromatic heterocycles. The Kier molecular flexibility index (Phi) is 8.40. The van der Waals surface area contributed by atoms with Crippen molar-refractivity contribution in [3.05, 3.63) is 243 Å². The van der Waals surface area contributed by atoms with Crippen LogP contribution in [0.2, 0.25) is 0 Å². The number of hydrogen-bond donors (Lipinski definition) is 0. The molecule has 7 heteroatoms. The van der Waals surface area contributed by atoms with Crippen LogP contribution in [0.3, 0.4) is 0 Å². The quantitative estimate of drug-likeness (QED) is 0.149. The van der Waals surface area contributed by atoms with Gasteiger partial charge in [0, 0.05) is 68.4 Å². The largest absolute Gasteiger partial charge is 0.458 e. The van der Waals surface area contributed by atoms with E-state index in [1.165, 1.54) is 55.7 Å². The molecule has 10 aromatic carbocycles. The molecular formula is C60H40B2N4O. The summed E-state index contributed by atoms with van der Waals surface area (Å²) in [4.78, 5) is 7.25. The zero-order valence-corrected chi connectivity index (χ0v) is 36.4. The van der Waals surface area contributed by atoms with E-state index in [1.54, 1.807) is 0 Å². The van der Waals surface area contributed by atoms with Gasteiger partial charge in [0.05, 0.1) is 5.69 Å². The first kappa shape index (κ1) is 37.7. The van der Waals surface area contributed by atoms with Crippen LogP contribution in [0, 0.1) is 0 Å². The van der Waals surface area contributed by atoms with E-state index in [-0.39, 0.29) is 13.7 Å². The summed E-state index contributed by atoms with van der Waals surface area (Å²) < 4.78 is 9.87. The van der Waals surface area contributed by atoms with Crippen molar-refractivity contribution in [1.82, 2.24) is 0 Å². The van der Waals surface area contributed by atoms with E-state index < -0.39 is 0 Å². The zero-order chi connectivity index (χ0) is 44.0. The van der Waals surface area contributed by atoms with Gasteiger partial charge < -0.3 is 24.2 Å². The summed E-state index contributed by atoms with van der Waals surface area (Å²) in [6, 6.07) is 88.0. The second-order valence-corrected chi connectivity index (χ2v) is 17.6. The van der Waals surface area contributed by atoms with Crippen LogP contribution in [-0.2, 0) is 0 Å². The second-order valence-electron chi connectivity index (χ2n) is 17.6. The summed E-state index contributed by atoms with van der Waals surface area (Å²) in [6.07, 6.45) is 0. The van der Waals surface area contributed by atoms with E-state index in [1.807, 2.05) is 0 Å². The lowest BCUT2D eigenvalue weighted by Crippen LogP contribution is -2.74. The number of rotatable bonds is 7. The van der Waals surface area contributed by atoms with E-state index in [0.717, 1.165) is 56.8 Å². The van der Waals surface area contributed by atoms with E-state index in [9.17, 15) is 0 Å². The van der Waals surface area contributed by atoms with Crippen LogP contribution in [-0.4, -0.2) is 13.7 Å². The molecule has 67 heavy (non-hydrogen) atoms. The summed E-state index contributed by atoms with van der Waals surface area (Å²) in [5.74, 6) is 1.76. The summed E-state index contributed by atoms with van der Waals surface area (Å²) in [5, 5.41) is 0. The van der Waals surface area contributed by atoms with Crippen molar-refractivity contribution < 1.29 is 4.74 Å². The molecule has 0 unspecified atom stereocenters. The van der Waals surface area contributed by atoms with Gasteiger partial charge in [0.2, 0.25) is 0 Å². The van der Waals surface area contributed by atoms with Crippen LogP contribution in [0.1, 0.15) is 0 Å². The lowest BCUT2D eigenvalue weighted by atomic mass is 9.32. The smallest absolute Gasteiger partial charge is 0.319 e. The molecule has 10 aromatic rings. The van der Waals surface area contributed by atoms with E-state index >= 15 is 0 Å². The van der Waals surface area contributed by atoms with Gasteiger partial charge in [-0.3, -0.25) is 0 Å². The highest BCUT2D eigenvalue weighted by Crippen LogP contribution is 2.53. The molecular weight excluding hydrogens is 814 g/mol.